The monoisotopic (exact) mass is 436 g/mol. The number of benzene rings is 1. The Labute approximate surface area is 179 Å². The average molecular weight is 436 g/mol. The van der Waals surface area contributed by atoms with Crippen LogP contribution in [0.25, 0.3) is 11.2 Å². The standard InChI is InChI=1S/C20H16N6O4S/c1-11(18(27)26-17-15-16(22-9-21-15)23-10-24-17)30-20(29)12-4-6-13(7-5-12)25-19(28)14-3-2-8-31-14/h2-11H,1H3,(H,25,28)(H2,21,22,23,24,26,27). The second-order valence-corrected chi connectivity index (χ2v) is 7.32. The van der Waals surface area contributed by atoms with E-state index in [1.54, 1.807) is 24.3 Å². The Morgan fingerprint density at radius 3 is 2.61 bits per heavy atom. The number of hydrogen-bond acceptors (Lipinski definition) is 8. The number of aromatic nitrogens is 4. The summed E-state index contributed by atoms with van der Waals surface area (Å²) >= 11 is 1.33. The molecule has 0 bridgehead atoms. The van der Waals surface area contributed by atoms with Gasteiger partial charge in [-0.05, 0) is 42.6 Å². The highest BCUT2D eigenvalue weighted by Gasteiger charge is 2.21. The Morgan fingerprint density at radius 1 is 1.06 bits per heavy atom. The first-order valence-electron chi connectivity index (χ1n) is 9.12. The van der Waals surface area contributed by atoms with Crippen molar-refractivity contribution >= 4 is 51.8 Å². The zero-order chi connectivity index (χ0) is 21.8. The Morgan fingerprint density at radius 2 is 1.87 bits per heavy atom. The molecule has 1 aromatic carbocycles. The molecule has 1 unspecified atom stereocenters. The highest BCUT2D eigenvalue weighted by Crippen LogP contribution is 2.17. The van der Waals surface area contributed by atoms with E-state index in [-0.39, 0.29) is 17.3 Å². The summed E-state index contributed by atoms with van der Waals surface area (Å²) in [7, 11) is 0. The van der Waals surface area contributed by atoms with Crippen LogP contribution in [0, 0.1) is 0 Å². The number of esters is 1. The molecular formula is C20H16N6O4S. The van der Waals surface area contributed by atoms with E-state index in [4.69, 9.17) is 4.74 Å². The van der Waals surface area contributed by atoms with Gasteiger partial charge in [-0.2, -0.15) is 0 Å². The number of ether oxygens (including phenoxy) is 1. The molecule has 3 aromatic heterocycles. The molecule has 0 aliphatic rings. The van der Waals surface area contributed by atoms with Crippen molar-refractivity contribution in [2.75, 3.05) is 10.6 Å². The summed E-state index contributed by atoms with van der Waals surface area (Å²) < 4.78 is 5.24. The summed E-state index contributed by atoms with van der Waals surface area (Å²) in [4.78, 5) is 52.2. The van der Waals surface area contributed by atoms with Crippen molar-refractivity contribution in [3.63, 3.8) is 0 Å². The minimum atomic E-state index is -1.07. The lowest BCUT2D eigenvalue weighted by molar-refractivity contribution is -0.123. The van der Waals surface area contributed by atoms with Gasteiger partial charge in [0.05, 0.1) is 16.8 Å². The minimum Gasteiger partial charge on any atom is -0.449 e. The Hall–Kier alpha value is -4.12. The Kier molecular flexibility index (Phi) is 5.67. The van der Waals surface area contributed by atoms with Gasteiger partial charge in [0, 0.05) is 5.69 Å². The number of imidazole rings is 1. The molecule has 11 heteroatoms. The number of carbonyl (C=O) groups is 3. The number of nitrogens with zero attached hydrogens (tertiary/aromatic N) is 3. The van der Waals surface area contributed by atoms with Gasteiger partial charge < -0.3 is 20.4 Å². The number of thiophene rings is 1. The number of aromatic amines is 1. The molecule has 0 aliphatic heterocycles. The largest absolute Gasteiger partial charge is 0.449 e. The number of H-pyrrole nitrogens is 1. The second-order valence-electron chi connectivity index (χ2n) is 6.37. The summed E-state index contributed by atoms with van der Waals surface area (Å²) in [6.45, 7) is 1.45. The molecule has 2 amide bonds. The van der Waals surface area contributed by atoms with Crippen molar-refractivity contribution in [3.8, 4) is 0 Å². The molecule has 0 saturated carbocycles. The van der Waals surface area contributed by atoms with E-state index >= 15 is 0 Å². The van der Waals surface area contributed by atoms with Crippen LogP contribution in [-0.4, -0.2) is 43.8 Å². The van der Waals surface area contributed by atoms with Crippen molar-refractivity contribution in [2.24, 2.45) is 0 Å². The molecule has 1 atom stereocenters. The quantitative estimate of drug-likeness (QED) is 0.395. The molecule has 0 spiro atoms. The van der Waals surface area contributed by atoms with Crippen molar-refractivity contribution in [2.45, 2.75) is 13.0 Å². The summed E-state index contributed by atoms with van der Waals surface area (Å²) in [5.74, 6) is -1.22. The fourth-order valence-corrected chi connectivity index (χ4v) is 3.27. The van der Waals surface area contributed by atoms with Gasteiger partial charge in [0.1, 0.15) is 11.8 Å². The van der Waals surface area contributed by atoms with Crippen LogP contribution in [0.3, 0.4) is 0 Å². The second kappa shape index (κ2) is 8.71. The van der Waals surface area contributed by atoms with Gasteiger partial charge in [0.2, 0.25) is 0 Å². The summed E-state index contributed by atoms with van der Waals surface area (Å²) in [5.41, 5.74) is 1.65. The van der Waals surface area contributed by atoms with Crippen LogP contribution in [-0.2, 0) is 9.53 Å². The molecule has 4 rings (SSSR count). The number of fused-ring (bicyclic) bond motifs is 1. The lowest BCUT2D eigenvalue weighted by Gasteiger charge is -2.13. The average Bonchev–Trinajstić information content (AvgIpc) is 3.46. The van der Waals surface area contributed by atoms with Gasteiger partial charge in [0.25, 0.3) is 11.8 Å². The number of amides is 2. The number of nitrogens with one attached hydrogen (secondary N) is 3. The van der Waals surface area contributed by atoms with Crippen LogP contribution < -0.4 is 10.6 Å². The van der Waals surface area contributed by atoms with Crippen LogP contribution in [0.15, 0.2) is 54.4 Å². The van der Waals surface area contributed by atoms with E-state index in [2.05, 4.69) is 30.6 Å². The van der Waals surface area contributed by atoms with E-state index in [0.717, 1.165) is 0 Å². The molecule has 0 fully saturated rings. The maximum atomic E-state index is 12.4. The van der Waals surface area contributed by atoms with Crippen molar-refractivity contribution in [1.82, 2.24) is 19.9 Å². The fourth-order valence-electron chi connectivity index (χ4n) is 2.65. The summed E-state index contributed by atoms with van der Waals surface area (Å²) in [6.07, 6.45) is 1.64. The molecular weight excluding hydrogens is 420 g/mol. The van der Waals surface area contributed by atoms with Crippen LogP contribution in [0.5, 0.6) is 0 Å². The Bertz CT molecular complexity index is 1240. The molecule has 0 radical (unpaired) electrons. The summed E-state index contributed by atoms with van der Waals surface area (Å²) in [5, 5.41) is 7.14. The van der Waals surface area contributed by atoms with Crippen molar-refractivity contribution in [3.05, 3.63) is 64.9 Å². The van der Waals surface area contributed by atoms with Crippen molar-refractivity contribution in [1.29, 1.82) is 0 Å². The molecule has 0 saturated heterocycles. The number of carbonyl (C=O) groups excluding carboxylic acids is 3. The maximum absolute atomic E-state index is 12.4. The third-order valence-corrected chi connectivity index (χ3v) is 5.11. The molecule has 156 valence electrons. The highest BCUT2D eigenvalue weighted by atomic mass is 32.1. The van der Waals surface area contributed by atoms with Crippen LogP contribution in [0.2, 0.25) is 0 Å². The Balaban J connectivity index is 1.35. The first kappa shape index (κ1) is 20.2. The molecule has 3 N–H and O–H groups in total. The fraction of sp³-hybridized carbons (Fsp3) is 0.100. The predicted octanol–water partition coefficient (Wildman–Crippen LogP) is 2.85. The van der Waals surface area contributed by atoms with E-state index in [0.29, 0.717) is 21.7 Å². The lowest BCUT2D eigenvalue weighted by Crippen LogP contribution is -2.30. The van der Waals surface area contributed by atoms with Gasteiger partial charge in [-0.25, -0.2) is 19.7 Å². The van der Waals surface area contributed by atoms with Gasteiger partial charge in [-0.15, -0.1) is 11.3 Å². The molecule has 0 aliphatic carbocycles. The van der Waals surface area contributed by atoms with Crippen LogP contribution in [0.4, 0.5) is 11.5 Å². The van der Waals surface area contributed by atoms with Gasteiger partial charge >= 0.3 is 5.97 Å². The smallest absolute Gasteiger partial charge is 0.338 e. The predicted molar refractivity (Wildman–Crippen MR) is 114 cm³/mol. The molecule has 4 aromatic rings. The summed E-state index contributed by atoms with van der Waals surface area (Å²) in [6, 6.07) is 9.70. The highest BCUT2D eigenvalue weighted by molar-refractivity contribution is 7.12. The maximum Gasteiger partial charge on any atom is 0.338 e. The number of anilines is 2. The number of hydrogen-bond donors (Lipinski definition) is 3. The topological polar surface area (TPSA) is 139 Å². The normalized spacial score (nSPS) is 11.6. The van der Waals surface area contributed by atoms with Gasteiger partial charge in [-0.1, -0.05) is 6.07 Å². The lowest BCUT2D eigenvalue weighted by atomic mass is 10.2. The zero-order valence-electron chi connectivity index (χ0n) is 16.2. The zero-order valence-corrected chi connectivity index (χ0v) is 17.0. The molecule has 10 nitrogen and oxygen atoms in total. The van der Waals surface area contributed by atoms with E-state index in [9.17, 15) is 14.4 Å². The first-order valence-corrected chi connectivity index (χ1v) is 10.00. The van der Waals surface area contributed by atoms with Crippen LogP contribution >= 0.6 is 11.3 Å². The molecule has 3 heterocycles. The third-order valence-electron chi connectivity index (χ3n) is 4.24. The molecule has 31 heavy (non-hydrogen) atoms. The number of rotatable bonds is 6. The van der Waals surface area contributed by atoms with E-state index < -0.39 is 18.0 Å². The van der Waals surface area contributed by atoms with Crippen LogP contribution in [0.1, 0.15) is 27.0 Å². The third kappa shape index (κ3) is 4.56. The first-order chi connectivity index (χ1) is 15.0. The van der Waals surface area contributed by atoms with Gasteiger partial charge in [0.15, 0.2) is 17.6 Å². The minimum absolute atomic E-state index is 0.230. The van der Waals surface area contributed by atoms with E-state index in [1.165, 1.54) is 43.0 Å². The van der Waals surface area contributed by atoms with Gasteiger partial charge in [-0.3, -0.25) is 9.59 Å². The van der Waals surface area contributed by atoms with E-state index in [1.807, 2.05) is 5.38 Å². The van der Waals surface area contributed by atoms with Crippen molar-refractivity contribution < 1.29 is 19.1 Å². The SMILES string of the molecule is CC(OC(=O)c1ccc(NC(=O)c2cccs2)cc1)C(=O)Nc1ncnc2nc[nH]c12.